The normalized spacial score (nSPS) is 23.3. The highest BCUT2D eigenvalue weighted by atomic mass is 16.3. The maximum absolute atomic E-state index is 6.42. The van der Waals surface area contributed by atoms with Crippen LogP contribution in [-0.4, -0.2) is 0 Å². The summed E-state index contributed by atoms with van der Waals surface area (Å²) in [6, 6.07) is 55.7. The van der Waals surface area contributed by atoms with Gasteiger partial charge in [-0.1, -0.05) is 91.0 Å². The van der Waals surface area contributed by atoms with Crippen LogP contribution >= 0.6 is 0 Å². The summed E-state index contributed by atoms with van der Waals surface area (Å²) in [5.74, 6) is 3.28. The van der Waals surface area contributed by atoms with Gasteiger partial charge in [-0.2, -0.15) is 0 Å². The second-order valence-corrected chi connectivity index (χ2v) is 16.9. The maximum Gasteiger partial charge on any atom is 0.137 e. The van der Waals surface area contributed by atoms with Gasteiger partial charge in [-0.15, -0.1) is 0 Å². The first kappa shape index (κ1) is 30.3. The highest BCUT2D eigenvalue weighted by Crippen LogP contribution is 2.70. The average molecular weight is 710 g/mol. The molecule has 4 fully saturated rings. The highest BCUT2D eigenvalue weighted by molar-refractivity contribution is 6.08. The molecule has 0 saturated heterocycles. The van der Waals surface area contributed by atoms with Crippen molar-refractivity contribution in [2.24, 2.45) is 23.7 Å². The molecular weight excluding hydrogens is 671 g/mol. The van der Waals surface area contributed by atoms with E-state index in [1.54, 1.807) is 11.1 Å². The summed E-state index contributed by atoms with van der Waals surface area (Å²) in [5.41, 5.74) is 15.7. The summed E-state index contributed by atoms with van der Waals surface area (Å²) >= 11 is 0. The van der Waals surface area contributed by atoms with Gasteiger partial charge in [0.1, 0.15) is 22.3 Å². The summed E-state index contributed by atoms with van der Waals surface area (Å²) in [5, 5.41) is 4.52. The minimum absolute atomic E-state index is 0.116. The van der Waals surface area contributed by atoms with Crippen LogP contribution in [0.3, 0.4) is 0 Å². The molecular formula is C52H39NO2. The zero-order chi connectivity index (χ0) is 35.8. The molecule has 4 bridgehead atoms. The third kappa shape index (κ3) is 4.11. The lowest BCUT2D eigenvalue weighted by atomic mass is 9.42. The molecule has 2 heterocycles. The van der Waals surface area contributed by atoms with Crippen LogP contribution in [0.1, 0.15) is 43.2 Å². The van der Waals surface area contributed by atoms with Crippen molar-refractivity contribution in [2.75, 3.05) is 4.90 Å². The number of anilines is 3. The molecule has 7 aromatic carbocycles. The molecule has 55 heavy (non-hydrogen) atoms. The zero-order valence-electron chi connectivity index (χ0n) is 30.5. The molecule has 4 saturated carbocycles. The summed E-state index contributed by atoms with van der Waals surface area (Å²) in [6.07, 6.45) is 6.99. The van der Waals surface area contributed by atoms with Crippen LogP contribution < -0.4 is 4.90 Å². The highest BCUT2D eigenvalue weighted by Gasteiger charge is 2.62. The van der Waals surface area contributed by atoms with Gasteiger partial charge in [-0.25, -0.2) is 0 Å². The molecule has 5 aliphatic carbocycles. The fourth-order valence-corrected chi connectivity index (χ4v) is 12.4. The van der Waals surface area contributed by atoms with Crippen molar-refractivity contribution in [3.05, 3.63) is 163 Å². The summed E-state index contributed by atoms with van der Waals surface area (Å²) in [4.78, 5) is 2.34. The van der Waals surface area contributed by atoms with Gasteiger partial charge in [0.25, 0.3) is 0 Å². The largest absolute Gasteiger partial charge is 0.456 e. The van der Waals surface area contributed by atoms with Crippen LogP contribution in [0.5, 0.6) is 0 Å². The van der Waals surface area contributed by atoms with Crippen molar-refractivity contribution < 1.29 is 8.83 Å². The number of hydrogen-bond donors (Lipinski definition) is 0. The lowest BCUT2D eigenvalue weighted by molar-refractivity contribution is -0.0397. The predicted molar refractivity (Wildman–Crippen MR) is 224 cm³/mol. The van der Waals surface area contributed by atoms with Crippen molar-refractivity contribution in [2.45, 2.75) is 37.5 Å². The van der Waals surface area contributed by atoms with E-state index >= 15 is 0 Å². The standard InChI is InChI=1S/C52H39NO2/c1-4-13-46-40(8-1)45-12-7-11-39(51(45)52(46)34-25-31-24-32(27-34)28-35(52)26-31)33-16-18-36(19-17-33)53(37-20-22-43-41-9-2-5-14-47(41)54-49(43)29-37)38-21-23-44-42-10-3-6-15-48(42)55-50(44)30-38/h1-23,29-32,34-35H,24-28H2. The topological polar surface area (TPSA) is 29.5 Å². The van der Waals surface area contributed by atoms with E-state index in [9.17, 15) is 0 Å². The van der Waals surface area contributed by atoms with Crippen LogP contribution in [0.4, 0.5) is 17.1 Å². The quantitative estimate of drug-likeness (QED) is 0.182. The van der Waals surface area contributed by atoms with Gasteiger partial charge in [0, 0.05) is 56.2 Å². The maximum atomic E-state index is 6.42. The van der Waals surface area contributed by atoms with E-state index in [-0.39, 0.29) is 5.41 Å². The molecule has 2 aromatic heterocycles. The van der Waals surface area contributed by atoms with Crippen molar-refractivity contribution in [3.8, 4) is 22.3 Å². The van der Waals surface area contributed by atoms with Crippen molar-refractivity contribution in [3.63, 3.8) is 0 Å². The molecule has 3 heteroatoms. The van der Waals surface area contributed by atoms with Crippen LogP contribution in [0.15, 0.2) is 160 Å². The Kier molecular flexibility index (Phi) is 6.06. The van der Waals surface area contributed by atoms with Gasteiger partial charge in [0.2, 0.25) is 0 Å². The number of benzene rings is 7. The van der Waals surface area contributed by atoms with Crippen molar-refractivity contribution in [1.29, 1.82) is 0 Å². The Bertz CT molecular complexity index is 2880. The van der Waals surface area contributed by atoms with E-state index in [4.69, 9.17) is 8.83 Å². The van der Waals surface area contributed by atoms with Crippen molar-refractivity contribution in [1.82, 2.24) is 0 Å². The number of rotatable bonds is 4. The molecule has 1 spiro atoms. The number of fused-ring (bicyclic) bond motifs is 9. The SMILES string of the molecule is c1ccc2c(c1)-c1cccc(-c3ccc(N(c4ccc5c(c4)oc4ccccc45)c4ccc5c(c4)oc4ccccc45)cc3)c1C21C2CC3CC(C2)CC1C3. The second-order valence-electron chi connectivity index (χ2n) is 16.9. The van der Waals surface area contributed by atoms with Crippen LogP contribution in [0, 0.1) is 23.7 Å². The molecule has 264 valence electrons. The third-order valence-electron chi connectivity index (χ3n) is 14.2. The second kappa shape index (κ2) is 11.0. The Morgan fingerprint density at radius 1 is 0.418 bits per heavy atom. The smallest absolute Gasteiger partial charge is 0.137 e. The van der Waals surface area contributed by atoms with Gasteiger partial charge >= 0.3 is 0 Å². The minimum Gasteiger partial charge on any atom is -0.456 e. The molecule has 9 aromatic rings. The van der Waals surface area contributed by atoms with Gasteiger partial charge in [0.05, 0.1) is 0 Å². The van der Waals surface area contributed by atoms with E-state index in [0.717, 1.165) is 84.6 Å². The zero-order valence-corrected chi connectivity index (χ0v) is 30.5. The Labute approximate surface area is 319 Å². The molecule has 0 amide bonds. The van der Waals surface area contributed by atoms with Crippen molar-refractivity contribution >= 4 is 60.9 Å². The lowest BCUT2D eigenvalue weighted by Crippen LogP contribution is -2.55. The summed E-state index contributed by atoms with van der Waals surface area (Å²) in [7, 11) is 0. The number of nitrogens with zero attached hydrogens (tertiary/aromatic N) is 1. The fraction of sp³-hybridized carbons (Fsp3) is 0.192. The minimum atomic E-state index is 0.116. The predicted octanol–water partition coefficient (Wildman–Crippen LogP) is 14.3. The third-order valence-corrected chi connectivity index (χ3v) is 14.2. The van der Waals surface area contributed by atoms with Gasteiger partial charge in [-0.3, -0.25) is 0 Å². The number of hydrogen-bond acceptors (Lipinski definition) is 3. The van der Waals surface area contributed by atoms with E-state index < -0.39 is 0 Å². The van der Waals surface area contributed by atoms with Crippen LogP contribution in [0.25, 0.3) is 66.1 Å². The number of furan rings is 2. The molecule has 14 rings (SSSR count). The first-order valence-corrected chi connectivity index (χ1v) is 20.2. The number of para-hydroxylation sites is 2. The van der Waals surface area contributed by atoms with E-state index in [0.29, 0.717) is 0 Å². The molecule has 0 unspecified atom stereocenters. The molecule has 0 radical (unpaired) electrons. The van der Waals surface area contributed by atoms with Gasteiger partial charge in [0.15, 0.2) is 0 Å². The first-order valence-electron chi connectivity index (χ1n) is 20.2. The Balaban J connectivity index is 0.972. The Morgan fingerprint density at radius 2 is 0.927 bits per heavy atom. The molecule has 0 atom stereocenters. The van der Waals surface area contributed by atoms with Gasteiger partial charge < -0.3 is 13.7 Å². The van der Waals surface area contributed by atoms with E-state index in [2.05, 4.69) is 132 Å². The summed E-state index contributed by atoms with van der Waals surface area (Å²) in [6.45, 7) is 0. The molecule has 3 nitrogen and oxygen atoms in total. The van der Waals surface area contributed by atoms with E-state index in [1.807, 2.05) is 24.3 Å². The Hall–Kier alpha value is -6.06. The molecule has 0 aliphatic heterocycles. The first-order chi connectivity index (χ1) is 27.2. The lowest BCUT2D eigenvalue weighted by Gasteiger charge is -2.61. The average Bonchev–Trinajstić information content (AvgIpc) is 3.88. The van der Waals surface area contributed by atoms with Crippen LogP contribution in [0.2, 0.25) is 0 Å². The van der Waals surface area contributed by atoms with Gasteiger partial charge in [-0.05, 0) is 138 Å². The fourth-order valence-electron chi connectivity index (χ4n) is 12.4. The molecule has 5 aliphatic rings. The van der Waals surface area contributed by atoms with Crippen LogP contribution in [-0.2, 0) is 5.41 Å². The molecule has 0 N–H and O–H groups in total. The summed E-state index contributed by atoms with van der Waals surface area (Å²) < 4.78 is 12.8. The monoisotopic (exact) mass is 709 g/mol. The van der Waals surface area contributed by atoms with E-state index in [1.165, 1.54) is 54.4 Å². The Morgan fingerprint density at radius 3 is 1.56 bits per heavy atom.